The van der Waals surface area contributed by atoms with Gasteiger partial charge in [0.2, 0.25) is 0 Å². The molecule has 0 N–H and O–H groups in total. The van der Waals surface area contributed by atoms with E-state index in [1.165, 1.54) is 118 Å². The molecule has 286 valence electrons. The van der Waals surface area contributed by atoms with E-state index in [0.29, 0.717) is 0 Å². The molecule has 0 atom stereocenters. The van der Waals surface area contributed by atoms with Gasteiger partial charge in [-0.25, -0.2) is 0 Å². The van der Waals surface area contributed by atoms with Crippen LogP contribution in [0.25, 0.3) is 99.5 Å². The van der Waals surface area contributed by atoms with Gasteiger partial charge in [0.15, 0.2) is 0 Å². The van der Waals surface area contributed by atoms with Gasteiger partial charge < -0.3 is 9.13 Å². The van der Waals surface area contributed by atoms with Crippen molar-refractivity contribution in [1.82, 2.24) is 9.13 Å². The number of para-hydroxylation sites is 3. The van der Waals surface area contributed by atoms with E-state index in [1.54, 1.807) is 0 Å². The first-order chi connectivity index (χ1) is 29.7. The molecule has 0 aliphatic carbocycles. The molecule has 2 heteroatoms. The number of hydrogen-bond donors (Lipinski definition) is 0. The number of benzene rings is 9. The first-order valence-electron chi connectivity index (χ1n) is 21.2. The van der Waals surface area contributed by atoms with Crippen molar-refractivity contribution in [3.63, 3.8) is 0 Å². The molecule has 0 radical (unpaired) electrons. The van der Waals surface area contributed by atoms with Gasteiger partial charge >= 0.3 is 0 Å². The normalized spacial score (nSPS) is 11.6. The number of fused-ring (bicyclic) bond motifs is 6. The second kappa shape index (κ2) is 15.1. The Morgan fingerprint density at radius 3 is 1.48 bits per heavy atom. The minimum absolute atomic E-state index is 1.10. The third-order valence-corrected chi connectivity index (χ3v) is 12.3. The Morgan fingerprint density at radius 2 is 0.817 bits per heavy atom. The molecule has 2 nitrogen and oxygen atoms in total. The van der Waals surface area contributed by atoms with E-state index < -0.39 is 0 Å². The summed E-state index contributed by atoms with van der Waals surface area (Å²) in [5.41, 5.74) is 18.3. The smallest absolute Gasteiger partial charge is 0.0546 e. The topological polar surface area (TPSA) is 9.86 Å². The fraction of sp³-hybridized carbons (Fsp3) is 0.0690. The van der Waals surface area contributed by atoms with E-state index in [1.807, 2.05) is 0 Å². The zero-order valence-corrected chi connectivity index (χ0v) is 33.7. The monoisotopic (exact) mass is 768 g/mol. The Hall–Kier alpha value is -7.42. The molecule has 2 aromatic heterocycles. The maximum absolute atomic E-state index is 2.47. The summed E-state index contributed by atoms with van der Waals surface area (Å²) < 4.78 is 4.93. The summed E-state index contributed by atoms with van der Waals surface area (Å²) in [4.78, 5) is 0. The summed E-state index contributed by atoms with van der Waals surface area (Å²) in [6, 6.07) is 78.2. The summed E-state index contributed by atoms with van der Waals surface area (Å²) in [6.45, 7) is 2.26. The average molecular weight is 769 g/mol. The van der Waals surface area contributed by atoms with Crippen molar-refractivity contribution < 1.29 is 0 Å². The molecule has 0 unspecified atom stereocenters. The Kier molecular flexibility index (Phi) is 8.97. The third kappa shape index (κ3) is 6.12. The van der Waals surface area contributed by atoms with E-state index in [0.717, 1.165) is 6.42 Å². The lowest BCUT2D eigenvalue weighted by Crippen LogP contribution is -1.98. The van der Waals surface area contributed by atoms with Crippen LogP contribution in [0.1, 0.15) is 25.3 Å². The molecule has 0 aliphatic rings. The molecular formula is C58H44N2. The van der Waals surface area contributed by atoms with Gasteiger partial charge in [-0.05, 0) is 100 Å². The lowest BCUT2D eigenvalue weighted by molar-refractivity contribution is 0.795. The van der Waals surface area contributed by atoms with Gasteiger partial charge in [-0.2, -0.15) is 0 Å². The predicted molar refractivity (Wildman–Crippen MR) is 255 cm³/mol. The Morgan fingerprint density at radius 1 is 0.317 bits per heavy atom. The van der Waals surface area contributed by atoms with Crippen LogP contribution in [0, 0.1) is 0 Å². The first-order valence-corrected chi connectivity index (χ1v) is 21.2. The Bertz CT molecular complexity index is 3350. The number of aromatic nitrogens is 2. The highest BCUT2D eigenvalue weighted by Gasteiger charge is 2.19. The van der Waals surface area contributed by atoms with Crippen LogP contribution in [0.2, 0.25) is 0 Å². The van der Waals surface area contributed by atoms with Gasteiger partial charge in [0, 0.05) is 32.7 Å². The van der Waals surface area contributed by atoms with Gasteiger partial charge in [0.05, 0.1) is 33.4 Å². The van der Waals surface area contributed by atoms with Crippen LogP contribution in [0.3, 0.4) is 0 Å². The summed E-state index contributed by atoms with van der Waals surface area (Å²) in [6.07, 6.45) is 3.50. The molecule has 0 saturated heterocycles. The van der Waals surface area contributed by atoms with Crippen LogP contribution >= 0.6 is 0 Å². The maximum atomic E-state index is 2.47. The Balaban J connectivity index is 1.07. The molecular weight excluding hydrogens is 725 g/mol. The maximum Gasteiger partial charge on any atom is 0.0546 e. The van der Waals surface area contributed by atoms with Gasteiger partial charge in [-0.1, -0.05) is 177 Å². The number of aryl methyl sites for hydroxylation is 1. The standard InChI is InChI=1S/C58H44N2/c1-2-3-17-40-18-16-23-46(36-40)47-24-10-13-27-53(47)59-54-28-14-11-25-49(54)51-37-43(31-34-56(51)59)44-32-35-57-52(38-44)50-26-12-15-29-55(50)60(57)58-39-45(41-19-6-4-7-20-41)30-33-48(58)42-21-8-5-9-22-42/h4-16,18-39H,2-3,17H2,1H3. The van der Waals surface area contributed by atoms with Crippen molar-refractivity contribution in [2.45, 2.75) is 26.2 Å². The summed E-state index contributed by atoms with van der Waals surface area (Å²) in [5.74, 6) is 0. The van der Waals surface area contributed by atoms with Crippen LogP contribution in [0.4, 0.5) is 0 Å². The van der Waals surface area contributed by atoms with E-state index in [4.69, 9.17) is 0 Å². The fourth-order valence-corrected chi connectivity index (χ4v) is 9.40. The highest BCUT2D eigenvalue weighted by Crippen LogP contribution is 2.42. The lowest BCUT2D eigenvalue weighted by Gasteiger charge is -2.16. The molecule has 11 rings (SSSR count). The largest absolute Gasteiger partial charge is 0.309 e. The van der Waals surface area contributed by atoms with Crippen LogP contribution < -0.4 is 0 Å². The SMILES string of the molecule is CCCCc1cccc(-c2ccccc2-n2c3ccccc3c3cc(-c4ccc5c(c4)c4ccccc4n5-c4cc(-c5ccccc5)ccc4-c4ccccc4)ccc32)c1. The zero-order chi connectivity index (χ0) is 40.0. The quantitative estimate of drug-likeness (QED) is 0.138. The molecule has 0 spiro atoms. The van der Waals surface area contributed by atoms with Crippen molar-refractivity contribution >= 4 is 43.6 Å². The van der Waals surface area contributed by atoms with E-state index in [9.17, 15) is 0 Å². The van der Waals surface area contributed by atoms with Crippen molar-refractivity contribution in [3.05, 3.63) is 218 Å². The summed E-state index contributed by atoms with van der Waals surface area (Å²) in [7, 11) is 0. The van der Waals surface area contributed by atoms with E-state index in [2.05, 4.69) is 228 Å². The van der Waals surface area contributed by atoms with Crippen molar-refractivity contribution in [3.8, 4) is 55.9 Å². The van der Waals surface area contributed by atoms with Crippen molar-refractivity contribution in [1.29, 1.82) is 0 Å². The molecule has 11 aromatic rings. The van der Waals surface area contributed by atoms with E-state index >= 15 is 0 Å². The molecule has 60 heavy (non-hydrogen) atoms. The van der Waals surface area contributed by atoms with Gasteiger partial charge in [-0.15, -0.1) is 0 Å². The number of hydrogen-bond acceptors (Lipinski definition) is 0. The molecule has 9 aromatic carbocycles. The van der Waals surface area contributed by atoms with Crippen LogP contribution in [0.15, 0.2) is 212 Å². The molecule has 0 saturated carbocycles. The average Bonchev–Trinajstić information content (AvgIpc) is 3.83. The van der Waals surface area contributed by atoms with Crippen molar-refractivity contribution in [2.75, 3.05) is 0 Å². The first kappa shape index (κ1) is 35.7. The lowest BCUT2D eigenvalue weighted by atomic mass is 9.97. The third-order valence-electron chi connectivity index (χ3n) is 12.3. The second-order valence-corrected chi connectivity index (χ2v) is 16.0. The highest BCUT2D eigenvalue weighted by molar-refractivity contribution is 6.13. The second-order valence-electron chi connectivity index (χ2n) is 16.0. The number of rotatable bonds is 9. The van der Waals surface area contributed by atoms with Gasteiger partial charge in [0.1, 0.15) is 0 Å². The highest BCUT2D eigenvalue weighted by atomic mass is 15.0. The zero-order valence-electron chi connectivity index (χ0n) is 33.7. The van der Waals surface area contributed by atoms with Gasteiger partial charge in [0.25, 0.3) is 0 Å². The summed E-state index contributed by atoms with van der Waals surface area (Å²) in [5, 5.41) is 4.99. The Labute approximate surface area is 351 Å². The minimum atomic E-state index is 1.10. The minimum Gasteiger partial charge on any atom is -0.309 e. The predicted octanol–water partition coefficient (Wildman–Crippen LogP) is 15.9. The van der Waals surface area contributed by atoms with Gasteiger partial charge in [-0.3, -0.25) is 0 Å². The number of unbranched alkanes of at least 4 members (excludes halogenated alkanes) is 1. The van der Waals surface area contributed by atoms with Crippen LogP contribution in [-0.2, 0) is 6.42 Å². The van der Waals surface area contributed by atoms with Crippen molar-refractivity contribution in [2.24, 2.45) is 0 Å². The number of nitrogens with zero attached hydrogens (tertiary/aromatic N) is 2. The molecule has 0 fully saturated rings. The van der Waals surface area contributed by atoms with Crippen LogP contribution in [-0.4, -0.2) is 9.13 Å². The molecule has 2 heterocycles. The van der Waals surface area contributed by atoms with E-state index in [-0.39, 0.29) is 0 Å². The van der Waals surface area contributed by atoms with Crippen LogP contribution in [0.5, 0.6) is 0 Å². The molecule has 0 bridgehead atoms. The molecule has 0 amide bonds. The fourth-order valence-electron chi connectivity index (χ4n) is 9.40. The molecule has 0 aliphatic heterocycles. The summed E-state index contributed by atoms with van der Waals surface area (Å²) >= 11 is 0.